The number of alkyl halides is 3. The first kappa shape index (κ1) is 32.1. The van der Waals surface area contributed by atoms with E-state index in [2.05, 4.69) is 11.4 Å². The molecule has 1 aliphatic rings. The molecule has 0 aliphatic carbocycles. The highest BCUT2D eigenvalue weighted by molar-refractivity contribution is 5.78. The van der Waals surface area contributed by atoms with Gasteiger partial charge in [0, 0.05) is 44.2 Å². The zero-order chi connectivity index (χ0) is 31.9. The molecule has 3 heterocycles. The van der Waals surface area contributed by atoms with Gasteiger partial charge in [0.2, 0.25) is 0 Å². The number of pyridine rings is 1. The second-order valence-corrected chi connectivity index (χ2v) is 13.5. The number of benzene rings is 1. The number of likely N-dealkylation sites (tertiary alicyclic amines) is 1. The average Bonchev–Trinajstić information content (AvgIpc) is 3.11. The Bertz CT molecular complexity index is 1600. The van der Waals surface area contributed by atoms with Crippen molar-refractivity contribution in [2.75, 3.05) is 6.54 Å². The third-order valence-electron chi connectivity index (χ3n) is 7.27. The van der Waals surface area contributed by atoms with Gasteiger partial charge >= 0.3 is 18.0 Å². The smallest absolute Gasteiger partial charge is 0.407 e. The quantitative estimate of drug-likeness (QED) is 0.401. The minimum atomic E-state index is -4.53. The number of alkyl carbamates (subject to hydrolysis) is 1. The van der Waals surface area contributed by atoms with E-state index >= 15 is 0 Å². The normalized spacial score (nSPS) is 18.4. The summed E-state index contributed by atoms with van der Waals surface area (Å²) in [5.74, 6) is 0. The molecule has 4 rings (SSSR count). The average molecular weight is 601 g/mol. The van der Waals surface area contributed by atoms with Crippen molar-refractivity contribution in [2.24, 2.45) is 12.5 Å². The maximum absolute atomic E-state index is 14.2. The lowest BCUT2D eigenvalue weighted by atomic mass is 9.96. The van der Waals surface area contributed by atoms with Gasteiger partial charge in [-0.05, 0) is 62.4 Å². The molecular weight excluding hydrogens is 561 g/mol. The zero-order valence-corrected chi connectivity index (χ0v) is 25.7. The Morgan fingerprint density at radius 3 is 2.44 bits per heavy atom. The van der Waals surface area contributed by atoms with Crippen molar-refractivity contribution < 1.29 is 22.7 Å². The fourth-order valence-corrected chi connectivity index (χ4v) is 5.39. The molecule has 232 valence electrons. The summed E-state index contributed by atoms with van der Waals surface area (Å²) < 4.78 is 51.0. The number of carbonyl (C=O) groups is 1. The van der Waals surface area contributed by atoms with E-state index in [1.165, 1.54) is 9.47 Å². The summed E-state index contributed by atoms with van der Waals surface area (Å²) >= 11 is 0. The molecular formula is C31H39F3N6O3. The van der Waals surface area contributed by atoms with Gasteiger partial charge in [0.15, 0.2) is 5.65 Å². The fraction of sp³-hybridized carbons (Fsp3) is 0.548. The topological polar surface area (TPSA) is 105 Å². The van der Waals surface area contributed by atoms with Crippen molar-refractivity contribution in [3.63, 3.8) is 0 Å². The number of aromatic nitrogens is 3. The molecule has 2 aromatic heterocycles. The standard InChI is InChI=1S/C31H39F3N6O3/c1-29(2,3)18-40-24-11-10-23(36-26(24)38(7)28(40)42)22-14-19(8-9-20(22)16-35)17-39-13-12-21(15-25(39)31(32,33)34)43-27(41)37-30(4,5)6/h8-11,14,21,25H,12-13,15,17-18H2,1-7H3,(H,37,41)/t21-,25-/m0/s1. The van der Waals surface area contributed by atoms with Crippen molar-refractivity contribution in [3.05, 3.63) is 51.9 Å². The predicted octanol–water partition coefficient (Wildman–Crippen LogP) is 5.74. The Labute approximate surface area is 249 Å². The van der Waals surface area contributed by atoms with Gasteiger partial charge in [-0.3, -0.25) is 14.0 Å². The van der Waals surface area contributed by atoms with Crippen molar-refractivity contribution in [3.8, 4) is 17.3 Å². The molecule has 12 heteroatoms. The molecule has 2 atom stereocenters. The number of nitrogens with zero attached hydrogens (tertiary/aromatic N) is 5. The summed E-state index contributed by atoms with van der Waals surface area (Å²) in [6.45, 7) is 11.9. The third-order valence-corrected chi connectivity index (χ3v) is 7.27. The van der Waals surface area contributed by atoms with E-state index in [0.717, 1.165) is 0 Å². The van der Waals surface area contributed by atoms with Crippen LogP contribution in [0.5, 0.6) is 0 Å². The number of ether oxygens (including phenoxy) is 1. The van der Waals surface area contributed by atoms with Crippen LogP contribution in [0.1, 0.15) is 65.5 Å². The van der Waals surface area contributed by atoms with Crippen LogP contribution in [0.25, 0.3) is 22.4 Å². The highest BCUT2D eigenvalue weighted by Gasteiger charge is 2.47. The first-order valence-electron chi connectivity index (χ1n) is 14.3. The first-order chi connectivity index (χ1) is 19.9. The number of carbonyl (C=O) groups excluding carboxylic acids is 1. The van der Waals surface area contributed by atoms with Crippen LogP contribution in [-0.4, -0.2) is 55.5 Å². The Kier molecular flexibility index (Phi) is 8.71. The van der Waals surface area contributed by atoms with Crippen LogP contribution in [-0.2, 0) is 24.9 Å². The van der Waals surface area contributed by atoms with Gasteiger partial charge in [-0.15, -0.1) is 0 Å². The van der Waals surface area contributed by atoms with Gasteiger partial charge in [0.25, 0.3) is 0 Å². The van der Waals surface area contributed by atoms with Gasteiger partial charge in [-0.1, -0.05) is 26.8 Å². The van der Waals surface area contributed by atoms with Crippen molar-refractivity contribution in [1.29, 1.82) is 5.26 Å². The Morgan fingerprint density at radius 1 is 1.14 bits per heavy atom. The highest BCUT2D eigenvalue weighted by atomic mass is 19.4. The summed E-state index contributed by atoms with van der Waals surface area (Å²) in [5, 5.41) is 12.4. The SMILES string of the molecule is Cn1c(=O)n(CC(C)(C)C)c2ccc(-c3cc(CN4CC[C@H](OC(=O)NC(C)(C)C)C[C@H]4C(F)(F)F)ccc3C#N)nc21. The van der Waals surface area contributed by atoms with Gasteiger partial charge < -0.3 is 10.1 Å². The number of rotatable bonds is 5. The lowest BCUT2D eigenvalue weighted by molar-refractivity contribution is -0.201. The van der Waals surface area contributed by atoms with E-state index in [1.807, 2.05) is 20.8 Å². The van der Waals surface area contributed by atoms with Gasteiger partial charge in [-0.25, -0.2) is 14.6 Å². The number of hydrogen-bond donors (Lipinski definition) is 1. The first-order valence-corrected chi connectivity index (χ1v) is 14.3. The number of hydrogen-bond acceptors (Lipinski definition) is 6. The second kappa shape index (κ2) is 11.7. The monoisotopic (exact) mass is 600 g/mol. The highest BCUT2D eigenvalue weighted by Crippen LogP contribution is 2.35. The number of amides is 1. The molecule has 0 unspecified atom stereocenters. The number of halogens is 3. The van der Waals surface area contributed by atoms with Crippen molar-refractivity contribution in [2.45, 2.75) is 91.3 Å². The lowest BCUT2D eigenvalue weighted by Crippen LogP contribution is -2.53. The van der Waals surface area contributed by atoms with E-state index in [0.29, 0.717) is 40.1 Å². The minimum Gasteiger partial charge on any atom is -0.446 e. The summed E-state index contributed by atoms with van der Waals surface area (Å²) in [5.41, 5.74) is 2.01. The van der Waals surface area contributed by atoms with Crippen LogP contribution < -0.4 is 11.0 Å². The molecule has 9 nitrogen and oxygen atoms in total. The Hall–Kier alpha value is -3.85. The molecule has 0 spiro atoms. The van der Waals surface area contributed by atoms with Gasteiger partial charge in [0.1, 0.15) is 12.1 Å². The molecule has 0 saturated carbocycles. The summed E-state index contributed by atoms with van der Waals surface area (Å²) in [4.78, 5) is 31.2. The summed E-state index contributed by atoms with van der Waals surface area (Å²) in [7, 11) is 1.64. The van der Waals surface area contributed by atoms with Crippen LogP contribution in [0.3, 0.4) is 0 Å². The third kappa shape index (κ3) is 7.57. The minimum absolute atomic E-state index is 0.0213. The van der Waals surface area contributed by atoms with E-state index in [1.54, 1.807) is 62.7 Å². The maximum Gasteiger partial charge on any atom is 0.407 e. The van der Waals surface area contributed by atoms with E-state index in [-0.39, 0.29) is 37.0 Å². The zero-order valence-electron chi connectivity index (χ0n) is 25.7. The fourth-order valence-electron chi connectivity index (χ4n) is 5.39. The van der Waals surface area contributed by atoms with Crippen molar-refractivity contribution in [1.82, 2.24) is 24.3 Å². The summed E-state index contributed by atoms with van der Waals surface area (Å²) in [6, 6.07) is 8.76. The molecule has 1 saturated heterocycles. The number of nitrogens with one attached hydrogen (secondary N) is 1. The summed E-state index contributed by atoms with van der Waals surface area (Å²) in [6.07, 6.45) is -6.25. The number of fused-ring (bicyclic) bond motifs is 1. The molecule has 43 heavy (non-hydrogen) atoms. The molecule has 3 aromatic rings. The van der Waals surface area contributed by atoms with Crippen LogP contribution in [0, 0.1) is 16.7 Å². The van der Waals surface area contributed by atoms with Crippen molar-refractivity contribution >= 4 is 17.3 Å². The molecule has 0 radical (unpaired) electrons. The number of nitriles is 1. The Morgan fingerprint density at radius 2 is 1.84 bits per heavy atom. The van der Waals surface area contributed by atoms with Crippen LogP contribution >= 0.6 is 0 Å². The molecule has 1 amide bonds. The molecule has 1 aromatic carbocycles. The van der Waals surface area contributed by atoms with Gasteiger partial charge in [-0.2, -0.15) is 18.4 Å². The molecule has 0 bridgehead atoms. The van der Waals surface area contributed by atoms with E-state index in [4.69, 9.17) is 9.72 Å². The number of imidazole rings is 1. The molecule has 1 fully saturated rings. The maximum atomic E-state index is 14.2. The number of piperidine rings is 1. The molecule has 1 aliphatic heterocycles. The molecule has 1 N–H and O–H groups in total. The second-order valence-electron chi connectivity index (χ2n) is 13.5. The predicted molar refractivity (Wildman–Crippen MR) is 157 cm³/mol. The van der Waals surface area contributed by atoms with Crippen LogP contribution in [0.2, 0.25) is 0 Å². The van der Waals surface area contributed by atoms with E-state index in [9.17, 15) is 28.0 Å². The number of aryl methyl sites for hydroxylation is 1. The van der Waals surface area contributed by atoms with Crippen LogP contribution in [0.4, 0.5) is 18.0 Å². The largest absolute Gasteiger partial charge is 0.446 e. The van der Waals surface area contributed by atoms with Crippen LogP contribution in [0.15, 0.2) is 35.1 Å². The van der Waals surface area contributed by atoms with E-state index < -0.39 is 30.0 Å². The lowest BCUT2D eigenvalue weighted by Gasteiger charge is -2.40. The van der Waals surface area contributed by atoms with Gasteiger partial charge in [0.05, 0.1) is 22.8 Å². The Balaban J connectivity index is 1.61.